The van der Waals surface area contributed by atoms with Gasteiger partial charge in [-0.05, 0) is 23.3 Å². The van der Waals surface area contributed by atoms with E-state index in [1.165, 1.54) is 24.3 Å². The van der Waals surface area contributed by atoms with Gasteiger partial charge in [-0.15, -0.1) is 0 Å². The Bertz CT molecular complexity index is 827. The highest BCUT2D eigenvalue weighted by molar-refractivity contribution is 6.21. The molecule has 2 amide bonds. The molecule has 8 heteroatoms. The number of carbonyl (C=O) groups is 2. The van der Waals surface area contributed by atoms with Gasteiger partial charge in [0.1, 0.15) is 0 Å². The Morgan fingerprint density at radius 1 is 0.880 bits per heavy atom. The number of halogens is 3. The Balaban J connectivity index is 1.90. The molecule has 1 heterocycles. The summed E-state index contributed by atoms with van der Waals surface area (Å²) in [6, 6.07) is 11.5. The molecule has 0 radical (unpaired) electrons. The second kappa shape index (κ2) is 5.68. The Hall–Kier alpha value is -2.71. The fourth-order valence-corrected chi connectivity index (χ4v) is 2.66. The number of benzene rings is 2. The lowest BCUT2D eigenvalue weighted by Crippen LogP contribution is -2.57. The zero-order chi connectivity index (χ0) is 18.4. The van der Waals surface area contributed by atoms with E-state index in [4.69, 9.17) is 11.5 Å². The first-order valence-electron chi connectivity index (χ1n) is 7.32. The normalized spacial score (nSPS) is 14.8. The van der Waals surface area contributed by atoms with Crippen LogP contribution in [0.3, 0.4) is 0 Å². The third kappa shape index (κ3) is 2.79. The summed E-state index contributed by atoms with van der Waals surface area (Å²) in [5, 5.41) is 0. The van der Waals surface area contributed by atoms with Gasteiger partial charge in [0.2, 0.25) is 0 Å². The molecule has 0 fully saturated rings. The average molecular weight is 349 g/mol. The molecule has 0 spiro atoms. The number of carbonyl (C=O) groups excluding carboxylic acids is 2. The van der Waals surface area contributed by atoms with Gasteiger partial charge in [0.05, 0.1) is 17.7 Å². The molecule has 2 aromatic carbocycles. The minimum atomic E-state index is -4.85. The molecule has 25 heavy (non-hydrogen) atoms. The van der Waals surface area contributed by atoms with Gasteiger partial charge in [0.15, 0.2) is 5.66 Å². The van der Waals surface area contributed by atoms with Gasteiger partial charge in [-0.1, -0.05) is 36.4 Å². The largest absolute Gasteiger partial charge is 0.423 e. The molecule has 0 aliphatic carbocycles. The predicted molar refractivity (Wildman–Crippen MR) is 83.2 cm³/mol. The van der Waals surface area contributed by atoms with E-state index < -0.39 is 23.7 Å². The van der Waals surface area contributed by atoms with Crippen LogP contribution in [0.25, 0.3) is 0 Å². The molecule has 0 bridgehead atoms. The van der Waals surface area contributed by atoms with Crippen LogP contribution in [0.1, 0.15) is 31.8 Å². The molecule has 1 aliphatic rings. The zero-order valence-corrected chi connectivity index (χ0v) is 12.9. The highest BCUT2D eigenvalue weighted by Crippen LogP contribution is 2.33. The number of nitrogens with two attached hydrogens (primary N) is 2. The molecule has 0 saturated heterocycles. The number of rotatable bonds is 3. The summed E-state index contributed by atoms with van der Waals surface area (Å²) < 4.78 is 39.0. The minimum absolute atomic E-state index is 0.172. The number of fused-ring (bicyclic) bond motifs is 1. The highest BCUT2D eigenvalue weighted by atomic mass is 19.4. The van der Waals surface area contributed by atoms with Crippen LogP contribution in [-0.2, 0) is 12.2 Å². The van der Waals surface area contributed by atoms with E-state index in [1.807, 2.05) is 0 Å². The third-order valence-electron chi connectivity index (χ3n) is 4.09. The van der Waals surface area contributed by atoms with Crippen molar-refractivity contribution in [2.45, 2.75) is 18.4 Å². The number of amides is 2. The summed E-state index contributed by atoms with van der Waals surface area (Å²) in [6.07, 6.45) is -4.85. The van der Waals surface area contributed by atoms with Crippen LogP contribution in [0.2, 0.25) is 0 Å². The SMILES string of the molecule is NC(N)(c1cccc(CN2C(=O)c3ccccc3C2=O)c1)C(F)(F)F. The van der Waals surface area contributed by atoms with Gasteiger partial charge in [-0.25, -0.2) is 0 Å². The molecule has 4 N–H and O–H groups in total. The second-order valence-electron chi connectivity index (χ2n) is 5.81. The number of nitrogens with zero attached hydrogens (tertiary/aromatic N) is 1. The predicted octanol–water partition coefficient (Wildman–Crippen LogP) is 2.12. The molecule has 130 valence electrons. The topological polar surface area (TPSA) is 89.4 Å². The van der Waals surface area contributed by atoms with Crippen molar-refractivity contribution < 1.29 is 22.8 Å². The number of hydrogen-bond donors (Lipinski definition) is 2. The van der Waals surface area contributed by atoms with E-state index in [9.17, 15) is 22.8 Å². The van der Waals surface area contributed by atoms with Crippen LogP contribution in [0.5, 0.6) is 0 Å². The Morgan fingerprint density at radius 3 is 1.96 bits per heavy atom. The Morgan fingerprint density at radius 2 is 1.44 bits per heavy atom. The summed E-state index contributed by atoms with van der Waals surface area (Å²) in [7, 11) is 0. The van der Waals surface area contributed by atoms with E-state index in [1.54, 1.807) is 12.1 Å². The first-order valence-corrected chi connectivity index (χ1v) is 7.32. The number of alkyl halides is 3. The van der Waals surface area contributed by atoms with Crippen molar-refractivity contribution in [3.8, 4) is 0 Å². The van der Waals surface area contributed by atoms with Crippen LogP contribution in [-0.4, -0.2) is 22.9 Å². The maximum Gasteiger partial charge on any atom is 0.423 e. The summed E-state index contributed by atoms with van der Waals surface area (Å²) in [6.45, 7) is -0.172. The molecular weight excluding hydrogens is 335 g/mol. The Kier molecular flexibility index (Phi) is 3.89. The van der Waals surface area contributed by atoms with Gasteiger partial charge in [0, 0.05) is 0 Å². The van der Waals surface area contributed by atoms with Gasteiger partial charge in [-0.2, -0.15) is 13.2 Å². The Labute approximate surface area is 141 Å². The maximum absolute atomic E-state index is 13.0. The molecule has 5 nitrogen and oxygen atoms in total. The lowest BCUT2D eigenvalue weighted by molar-refractivity contribution is -0.188. The van der Waals surface area contributed by atoms with Crippen molar-refractivity contribution >= 4 is 11.8 Å². The molecule has 0 aromatic heterocycles. The standard InChI is InChI=1S/C17H14F3N3O2/c18-17(19,20)16(21,22)11-5-3-4-10(8-11)9-23-14(24)12-6-1-2-7-13(12)15(23)25/h1-8H,9,21-22H2. The monoisotopic (exact) mass is 349 g/mol. The van der Waals surface area contributed by atoms with E-state index in [0.717, 1.165) is 17.0 Å². The summed E-state index contributed by atoms with van der Waals surface area (Å²) >= 11 is 0. The van der Waals surface area contributed by atoms with Gasteiger partial charge in [0.25, 0.3) is 11.8 Å². The van der Waals surface area contributed by atoms with Crippen molar-refractivity contribution in [3.05, 3.63) is 70.8 Å². The molecular formula is C17H14F3N3O2. The zero-order valence-electron chi connectivity index (χ0n) is 12.9. The van der Waals surface area contributed by atoms with E-state index in [-0.39, 0.29) is 23.2 Å². The molecule has 1 aliphatic heterocycles. The molecule has 0 unspecified atom stereocenters. The third-order valence-corrected chi connectivity index (χ3v) is 4.09. The second-order valence-corrected chi connectivity index (χ2v) is 5.81. The fourth-order valence-electron chi connectivity index (χ4n) is 2.66. The molecule has 2 aromatic rings. The molecule has 0 atom stereocenters. The van der Waals surface area contributed by atoms with Crippen molar-refractivity contribution in [2.75, 3.05) is 0 Å². The van der Waals surface area contributed by atoms with Crippen molar-refractivity contribution in [2.24, 2.45) is 11.5 Å². The smallest absolute Gasteiger partial charge is 0.302 e. The van der Waals surface area contributed by atoms with Crippen molar-refractivity contribution in [1.82, 2.24) is 4.90 Å². The summed E-state index contributed by atoms with van der Waals surface area (Å²) in [5.41, 5.74) is 7.92. The number of imide groups is 1. The average Bonchev–Trinajstić information content (AvgIpc) is 2.80. The minimum Gasteiger partial charge on any atom is -0.302 e. The van der Waals surface area contributed by atoms with Crippen molar-refractivity contribution in [1.29, 1.82) is 0 Å². The number of hydrogen-bond acceptors (Lipinski definition) is 4. The van der Waals surface area contributed by atoms with Gasteiger partial charge < -0.3 is 11.5 Å². The maximum atomic E-state index is 13.0. The van der Waals surface area contributed by atoms with E-state index in [0.29, 0.717) is 5.56 Å². The lowest BCUT2D eigenvalue weighted by Gasteiger charge is -2.28. The van der Waals surface area contributed by atoms with Gasteiger partial charge in [-0.3, -0.25) is 14.5 Å². The van der Waals surface area contributed by atoms with E-state index >= 15 is 0 Å². The first-order chi connectivity index (χ1) is 11.6. The fraction of sp³-hybridized carbons (Fsp3) is 0.176. The van der Waals surface area contributed by atoms with Crippen LogP contribution in [0.4, 0.5) is 13.2 Å². The highest BCUT2D eigenvalue weighted by Gasteiger charge is 2.50. The molecule has 3 rings (SSSR count). The first kappa shape index (κ1) is 17.1. The van der Waals surface area contributed by atoms with E-state index in [2.05, 4.69) is 0 Å². The summed E-state index contributed by atoms with van der Waals surface area (Å²) in [5.74, 6) is -0.984. The summed E-state index contributed by atoms with van der Waals surface area (Å²) in [4.78, 5) is 25.6. The van der Waals surface area contributed by atoms with Crippen LogP contribution in [0, 0.1) is 0 Å². The van der Waals surface area contributed by atoms with Crippen LogP contribution >= 0.6 is 0 Å². The van der Waals surface area contributed by atoms with Crippen LogP contribution < -0.4 is 11.5 Å². The quantitative estimate of drug-likeness (QED) is 0.656. The van der Waals surface area contributed by atoms with Crippen molar-refractivity contribution in [3.63, 3.8) is 0 Å². The lowest BCUT2D eigenvalue weighted by atomic mass is 9.98. The molecule has 0 saturated carbocycles. The van der Waals surface area contributed by atoms with Gasteiger partial charge >= 0.3 is 6.18 Å². The van der Waals surface area contributed by atoms with Crippen LogP contribution in [0.15, 0.2) is 48.5 Å².